The average molecular weight is 282 g/mol. The predicted molar refractivity (Wildman–Crippen MR) is 63.0 cm³/mol. The molecule has 1 aromatic carbocycles. The molecule has 0 aliphatic heterocycles. The van der Waals surface area contributed by atoms with Crippen LogP contribution in [0, 0.1) is 12.7 Å². The molecule has 17 heavy (non-hydrogen) atoms. The van der Waals surface area contributed by atoms with Crippen molar-refractivity contribution in [2.45, 2.75) is 11.8 Å². The minimum Gasteiger partial charge on any atom is -0.395 e. The van der Waals surface area contributed by atoms with Crippen LogP contribution in [0.4, 0.5) is 4.39 Å². The summed E-state index contributed by atoms with van der Waals surface area (Å²) in [5.74, 6) is -0.557. The fraction of sp³-hybridized carbons (Fsp3) is 0.400. The van der Waals surface area contributed by atoms with Crippen LogP contribution < -0.4 is 0 Å². The number of aryl methyl sites for hydroxylation is 1. The summed E-state index contributed by atoms with van der Waals surface area (Å²) in [5, 5.41) is 8.55. The topological polar surface area (TPSA) is 57.6 Å². The zero-order chi connectivity index (χ0) is 13.2. The van der Waals surface area contributed by atoms with Gasteiger partial charge in [-0.2, -0.15) is 4.31 Å². The molecule has 0 heterocycles. The van der Waals surface area contributed by atoms with Gasteiger partial charge in [-0.25, -0.2) is 12.8 Å². The molecule has 7 heteroatoms. The van der Waals surface area contributed by atoms with Gasteiger partial charge in [0.1, 0.15) is 10.7 Å². The van der Waals surface area contributed by atoms with E-state index >= 15 is 0 Å². The lowest BCUT2D eigenvalue weighted by Gasteiger charge is -2.17. The molecule has 1 aromatic rings. The van der Waals surface area contributed by atoms with Gasteiger partial charge in [0.2, 0.25) is 10.0 Å². The highest BCUT2D eigenvalue weighted by Gasteiger charge is 2.24. The van der Waals surface area contributed by atoms with Gasteiger partial charge in [-0.05, 0) is 24.6 Å². The quantitative estimate of drug-likeness (QED) is 0.908. The zero-order valence-electron chi connectivity index (χ0n) is 9.44. The highest BCUT2D eigenvalue weighted by molar-refractivity contribution is 7.89. The summed E-state index contributed by atoms with van der Waals surface area (Å²) in [7, 11) is -2.48. The number of aliphatic hydroxyl groups excluding tert-OH is 1. The maximum Gasteiger partial charge on any atom is 0.244 e. The molecule has 0 radical (unpaired) electrons. The van der Waals surface area contributed by atoms with E-state index in [1.54, 1.807) is 0 Å². The van der Waals surface area contributed by atoms with Gasteiger partial charge in [-0.3, -0.25) is 0 Å². The van der Waals surface area contributed by atoms with E-state index in [0.717, 1.165) is 10.4 Å². The number of halogens is 2. The smallest absolute Gasteiger partial charge is 0.244 e. The van der Waals surface area contributed by atoms with Gasteiger partial charge in [0.05, 0.1) is 11.6 Å². The van der Waals surface area contributed by atoms with E-state index < -0.39 is 15.8 Å². The van der Waals surface area contributed by atoms with Crippen molar-refractivity contribution in [3.8, 4) is 0 Å². The van der Waals surface area contributed by atoms with Gasteiger partial charge in [-0.1, -0.05) is 11.6 Å². The molecule has 0 atom stereocenters. The van der Waals surface area contributed by atoms with E-state index in [1.807, 2.05) is 0 Å². The maximum atomic E-state index is 13.2. The highest BCUT2D eigenvalue weighted by atomic mass is 35.5. The number of benzene rings is 1. The van der Waals surface area contributed by atoms with Crippen LogP contribution in [0.25, 0.3) is 0 Å². The third-order valence-corrected chi connectivity index (χ3v) is 4.64. The number of likely N-dealkylation sites (N-methyl/N-ethyl adjacent to an activating group) is 1. The molecule has 1 rings (SSSR count). The molecule has 0 aliphatic rings. The Bertz CT molecular complexity index is 519. The molecule has 0 fully saturated rings. The van der Waals surface area contributed by atoms with Crippen molar-refractivity contribution in [3.05, 3.63) is 28.5 Å². The van der Waals surface area contributed by atoms with Crippen LogP contribution in [0.15, 0.2) is 17.0 Å². The summed E-state index contributed by atoms with van der Waals surface area (Å²) in [6.45, 7) is 1.11. The van der Waals surface area contributed by atoms with Crippen molar-refractivity contribution in [1.82, 2.24) is 4.31 Å². The monoisotopic (exact) mass is 281 g/mol. The van der Waals surface area contributed by atoms with E-state index in [2.05, 4.69) is 0 Å². The molecular formula is C10H13ClFNO3S. The first-order valence-corrected chi connectivity index (χ1v) is 6.65. The van der Waals surface area contributed by atoms with E-state index in [4.69, 9.17) is 16.7 Å². The van der Waals surface area contributed by atoms with Crippen molar-refractivity contribution in [2.75, 3.05) is 20.2 Å². The van der Waals surface area contributed by atoms with Crippen molar-refractivity contribution in [1.29, 1.82) is 0 Å². The van der Waals surface area contributed by atoms with Crippen molar-refractivity contribution >= 4 is 21.6 Å². The standard InChI is InChI=1S/C10H13ClFNO3S/c1-7-5-10(8(11)6-9(7)12)17(15,16)13(2)3-4-14/h5-6,14H,3-4H2,1-2H3. The highest BCUT2D eigenvalue weighted by Crippen LogP contribution is 2.26. The summed E-state index contributed by atoms with van der Waals surface area (Å²) >= 11 is 5.72. The van der Waals surface area contributed by atoms with Gasteiger partial charge in [-0.15, -0.1) is 0 Å². The fourth-order valence-corrected chi connectivity index (χ4v) is 2.99. The summed E-state index contributed by atoms with van der Waals surface area (Å²) < 4.78 is 38.2. The lowest BCUT2D eigenvalue weighted by atomic mass is 10.2. The molecule has 0 aliphatic carbocycles. The van der Waals surface area contributed by atoms with Crippen LogP contribution in [-0.4, -0.2) is 38.0 Å². The second-order valence-corrected chi connectivity index (χ2v) is 6.00. The average Bonchev–Trinajstić information content (AvgIpc) is 2.23. The Balaban J connectivity index is 3.29. The van der Waals surface area contributed by atoms with Crippen LogP contribution in [-0.2, 0) is 10.0 Å². The van der Waals surface area contributed by atoms with E-state index in [9.17, 15) is 12.8 Å². The number of sulfonamides is 1. The Labute approximate surface area is 105 Å². The Morgan fingerprint density at radius 1 is 1.47 bits per heavy atom. The van der Waals surface area contributed by atoms with Crippen LogP contribution in [0.5, 0.6) is 0 Å². The van der Waals surface area contributed by atoms with Gasteiger partial charge >= 0.3 is 0 Å². The van der Waals surface area contributed by atoms with Gasteiger partial charge < -0.3 is 5.11 Å². The first-order chi connectivity index (χ1) is 7.80. The van der Waals surface area contributed by atoms with Gasteiger partial charge in [0, 0.05) is 13.6 Å². The third-order valence-electron chi connectivity index (χ3n) is 2.32. The molecule has 0 spiro atoms. The van der Waals surface area contributed by atoms with Crippen LogP contribution in [0.1, 0.15) is 5.56 Å². The molecule has 1 N–H and O–H groups in total. The largest absolute Gasteiger partial charge is 0.395 e. The Hall–Kier alpha value is -0.690. The summed E-state index contributed by atoms with van der Waals surface area (Å²) in [4.78, 5) is -0.158. The second kappa shape index (κ2) is 5.30. The third kappa shape index (κ3) is 2.95. The molecule has 0 amide bonds. The molecule has 0 saturated carbocycles. The summed E-state index contributed by atoms with van der Waals surface area (Å²) in [6, 6.07) is 2.15. The lowest BCUT2D eigenvalue weighted by molar-refractivity contribution is 0.266. The molecule has 96 valence electrons. The Kier molecular flexibility index (Phi) is 4.48. The molecule has 4 nitrogen and oxygen atoms in total. The van der Waals surface area contributed by atoms with Crippen LogP contribution in [0.2, 0.25) is 5.02 Å². The number of hydrogen-bond acceptors (Lipinski definition) is 3. The Morgan fingerprint density at radius 3 is 2.59 bits per heavy atom. The van der Waals surface area contributed by atoms with E-state index in [-0.39, 0.29) is 28.6 Å². The maximum absolute atomic E-state index is 13.2. The van der Waals surface area contributed by atoms with E-state index in [1.165, 1.54) is 20.0 Å². The minimum absolute atomic E-state index is 0.0465. The first kappa shape index (κ1) is 14.4. The molecule has 0 aromatic heterocycles. The number of aliphatic hydroxyl groups is 1. The predicted octanol–water partition coefficient (Wildman–Crippen LogP) is 1.40. The molecule has 0 saturated heterocycles. The minimum atomic E-state index is -3.80. The van der Waals surface area contributed by atoms with Gasteiger partial charge in [0.15, 0.2) is 0 Å². The van der Waals surface area contributed by atoms with Crippen LogP contribution >= 0.6 is 11.6 Å². The Morgan fingerprint density at radius 2 is 2.06 bits per heavy atom. The number of rotatable bonds is 4. The summed E-state index contributed by atoms with van der Waals surface area (Å²) in [6.07, 6.45) is 0. The molecule has 0 unspecified atom stereocenters. The molecular weight excluding hydrogens is 269 g/mol. The van der Waals surface area contributed by atoms with E-state index in [0.29, 0.717) is 0 Å². The number of hydrogen-bond donors (Lipinski definition) is 1. The first-order valence-electron chi connectivity index (χ1n) is 4.83. The number of nitrogens with zero attached hydrogens (tertiary/aromatic N) is 1. The lowest BCUT2D eigenvalue weighted by Crippen LogP contribution is -2.30. The zero-order valence-corrected chi connectivity index (χ0v) is 11.0. The normalized spacial score (nSPS) is 12.1. The van der Waals surface area contributed by atoms with Crippen molar-refractivity contribution < 1.29 is 17.9 Å². The van der Waals surface area contributed by atoms with Crippen molar-refractivity contribution in [2.24, 2.45) is 0 Å². The second-order valence-electron chi connectivity index (χ2n) is 3.58. The molecule has 0 bridgehead atoms. The van der Waals surface area contributed by atoms with Crippen molar-refractivity contribution in [3.63, 3.8) is 0 Å². The van der Waals surface area contributed by atoms with Crippen LogP contribution in [0.3, 0.4) is 0 Å². The summed E-state index contributed by atoms with van der Waals surface area (Å²) in [5.41, 5.74) is 0.199. The fourth-order valence-electron chi connectivity index (χ4n) is 1.26. The van der Waals surface area contributed by atoms with Gasteiger partial charge in [0.25, 0.3) is 0 Å². The SMILES string of the molecule is Cc1cc(S(=O)(=O)N(C)CCO)c(Cl)cc1F.